The van der Waals surface area contributed by atoms with Crippen molar-refractivity contribution in [1.82, 2.24) is 24.9 Å². The lowest BCUT2D eigenvalue weighted by Crippen LogP contribution is -1.99. The van der Waals surface area contributed by atoms with Crippen molar-refractivity contribution in [1.29, 1.82) is 0 Å². The summed E-state index contributed by atoms with van der Waals surface area (Å²) >= 11 is 0. The molecule has 0 radical (unpaired) electrons. The van der Waals surface area contributed by atoms with Crippen LogP contribution in [-0.4, -0.2) is 24.9 Å². The van der Waals surface area contributed by atoms with E-state index in [0.29, 0.717) is 23.0 Å². The Balaban J connectivity index is 1.39. The molecule has 44 heavy (non-hydrogen) atoms. The summed E-state index contributed by atoms with van der Waals surface area (Å²) in [5, 5.41) is 4.66. The molecule has 8 rings (SSSR count). The van der Waals surface area contributed by atoms with Crippen molar-refractivity contribution in [3.05, 3.63) is 152 Å². The van der Waals surface area contributed by atoms with Gasteiger partial charge in [-0.1, -0.05) is 109 Å². The highest BCUT2D eigenvalue weighted by molar-refractivity contribution is 6.13. The fourth-order valence-electron chi connectivity index (χ4n) is 5.73. The first-order valence-electron chi connectivity index (χ1n) is 14.5. The van der Waals surface area contributed by atoms with Gasteiger partial charge >= 0.3 is 0 Å². The number of benzene rings is 5. The maximum atomic E-state index is 5.08. The quantitative estimate of drug-likeness (QED) is 0.195. The molecule has 0 spiro atoms. The Morgan fingerprint density at radius 2 is 0.795 bits per heavy atom. The van der Waals surface area contributed by atoms with Crippen LogP contribution in [0.4, 0.5) is 0 Å². The highest BCUT2D eigenvalue weighted by Crippen LogP contribution is 2.38. The van der Waals surface area contributed by atoms with Gasteiger partial charge in [0.05, 0.1) is 11.4 Å². The Hall–Kier alpha value is -6.07. The number of fused-ring (bicyclic) bond motifs is 2. The van der Waals surface area contributed by atoms with Crippen LogP contribution >= 0.6 is 0 Å². The second kappa shape index (κ2) is 11.0. The Morgan fingerprint density at radius 3 is 1.30 bits per heavy atom. The van der Waals surface area contributed by atoms with E-state index < -0.39 is 0 Å². The zero-order valence-corrected chi connectivity index (χ0v) is 23.7. The molecule has 0 saturated carbocycles. The van der Waals surface area contributed by atoms with Crippen molar-refractivity contribution in [2.75, 3.05) is 0 Å². The molecule has 0 atom stereocenters. The van der Waals surface area contributed by atoms with Crippen molar-refractivity contribution in [2.24, 2.45) is 0 Å². The van der Waals surface area contributed by atoms with Crippen LogP contribution in [0.25, 0.3) is 78.2 Å². The molecule has 0 fully saturated rings. The van der Waals surface area contributed by atoms with Gasteiger partial charge in [0.15, 0.2) is 11.6 Å². The molecule has 0 amide bonds. The van der Waals surface area contributed by atoms with Crippen molar-refractivity contribution >= 4 is 21.5 Å². The topological polar surface area (TPSA) is 64.5 Å². The molecule has 5 heteroatoms. The van der Waals surface area contributed by atoms with E-state index in [1.807, 2.05) is 72.8 Å². The summed E-state index contributed by atoms with van der Waals surface area (Å²) in [6, 6.07) is 47.5. The van der Waals surface area contributed by atoms with Crippen molar-refractivity contribution in [3.8, 4) is 56.7 Å². The summed E-state index contributed by atoms with van der Waals surface area (Å²) in [7, 11) is 0. The Labute approximate surface area is 254 Å². The van der Waals surface area contributed by atoms with Crippen LogP contribution < -0.4 is 0 Å². The molecule has 0 unspecified atom stereocenters. The Morgan fingerprint density at radius 1 is 0.341 bits per heavy atom. The lowest BCUT2D eigenvalue weighted by Gasteiger charge is -2.14. The summed E-state index contributed by atoms with van der Waals surface area (Å²) in [4.78, 5) is 24.4. The zero-order valence-electron chi connectivity index (χ0n) is 23.7. The van der Waals surface area contributed by atoms with E-state index in [4.69, 9.17) is 15.0 Å². The highest BCUT2D eigenvalue weighted by Gasteiger charge is 2.17. The Bertz CT molecular complexity index is 2130. The molecule has 3 heterocycles. The van der Waals surface area contributed by atoms with Crippen LogP contribution in [0.3, 0.4) is 0 Å². The van der Waals surface area contributed by atoms with Crippen LogP contribution in [0.1, 0.15) is 0 Å². The van der Waals surface area contributed by atoms with E-state index in [1.165, 1.54) is 10.8 Å². The number of hydrogen-bond acceptors (Lipinski definition) is 5. The molecular formula is C39H25N5. The Kier molecular flexibility index (Phi) is 6.39. The largest absolute Gasteiger partial charge is 0.241 e. The predicted molar refractivity (Wildman–Crippen MR) is 178 cm³/mol. The third-order valence-electron chi connectivity index (χ3n) is 7.79. The van der Waals surface area contributed by atoms with Gasteiger partial charge in [-0.25, -0.2) is 24.9 Å². The fourth-order valence-corrected chi connectivity index (χ4v) is 5.73. The molecule has 206 valence electrons. The van der Waals surface area contributed by atoms with E-state index in [1.54, 1.807) is 12.4 Å². The third kappa shape index (κ3) is 4.76. The maximum absolute atomic E-state index is 5.08. The smallest absolute Gasteiger partial charge is 0.178 e. The molecule has 5 nitrogen and oxygen atoms in total. The molecule has 0 saturated heterocycles. The van der Waals surface area contributed by atoms with Crippen molar-refractivity contribution in [3.63, 3.8) is 0 Å². The fraction of sp³-hybridized carbons (Fsp3) is 0. The number of aromatic nitrogens is 5. The summed E-state index contributed by atoms with van der Waals surface area (Å²) in [6.45, 7) is 0. The van der Waals surface area contributed by atoms with E-state index in [9.17, 15) is 0 Å². The molecule has 3 aromatic heterocycles. The van der Waals surface area contributed by atoms with Gasteiger partial charge in [0.25, 0.3) is 0 Å². The van der Waals surface area contributed by atoms with Gasteiger partial charge in [-0.3, -0.25) is 0 Å². The van der Waals surface area contributed by atoms with E-state index in [2.05, 4.69) is 76.7 Å². The first kappa shape index (κ1) is 25.6. The minimum absolute atomic E-state index is 0.540. The monoisotopic (exact) mass is 563 g/mol. The second-order valence-corrected chi connectivity index (χ2v) is 10.6. The van der Waals surface area contributed by atoms with Crippen LogP contribution in [0.2, 0.25) is 0 Å². The lowest BCUT2D eigenvalue weighted by atomic mass is 9.91. The van der Waals surface area contributed by atoms with Gasteiger partial charge in [0.1, 0.15) is 11.4 Å². The average Bonchev–Trinajstić information content (AvgIpc) is 3.11. The number of hydrogen-bond donors (Lipinski definition) is 0. The summed E-state index contributed by atoms with van der Waals surface area (Å²) < 4.78 is 0. The zero-order chi connectivity index (χ0) is 29.3. The minimum atomic E-state index is 0.540. The van der Waals surface area contributed by atoms with E-state index >= 15 is 0 Å². The first-order chi connectivity index (χ1) is 21.8. The summed E-state index contributed by atoms with van der Waals surface area (Å²) in [5.74, 6) is 1.08. The molecular weight excluding hydrogens is 538 g/mol. The minimum Gasteiger partial charge on any atom is -0.241 e. The molecule has 0 aliphatic carbocycles. The molecule has 0 N–H and O–H groups in total. The highest BCUT2D eigenvalue weighted by atomic mass is 15.0. The van der Waals surface area contributed by atoms with Crippen LogP contribution in [0.15, 0.2) is 152 Å². The molecule has 0 aliphatic heterocycles. The number of nitrogens with zero attached hydrogens (tertiary/aromatic N) is 5. The van der Waals surface area contributed by atoms with E-state index in [-0.39, 0.29) is 0 Å². The maximum Gasteiger partial charge on any atom is 0.178 e. The normalized spacial score (nSPS) is 11.2. The van der Waals surface area contributed by atoms with Crippen LogP contribution in [-0.2, 0) is 0 Å². The van der Waals surface area contributed by atoms with Crippen molar-refractivity contribution in [2.45, 2.75) is 0 Å². The van der Waals surface area contributed by atoms with Gasteiger partial charge < -0.3 is 0 Å². The second-order valence-electron chi connectivity index (χ2n) is 10.6. The van der Waals surface area contributed by atoms with Gasteiger partial charge in [0.2, 0.25) is 0 Å². The van der Waals surface area contributed by atoms with Crippen LogP contribution in [0, 0.1) is 0 Å². The number of pyridine rings is 1. The molecule has 5 aromatic carbocycles. The lowest BCUT2D eigenvalue weighted by molar-refractivity contribution is 1.11. The van der Waals surface area contributed by atoms with Crippen molar-refractivity contribution < 1.29 is 0 Å². The summed E-state index contributed by atoms with van der Waals surface area (Å²) in [5.41, 5.74) is 7.15. The SMILES string of the molecule is c1ccc(-c2ccnc(-c3cc(-c4c5ccccc5cc5ccccc45)cc(-c4nccc(-c5ccccc5)n4)n3)n2)cc1. The van der Waals surface area contributed by atoms with Crippen LogP contribution in [0.5, 0.6) is 0 Å². The summed E-state index contributed by atoms with van der Waals surface area (Å²) in [6.07, 6.45) is 3.58. The van der Waals surface area contributed by atoms with E-state index in [0.717, 1.165) is 44.4 Å². The standard InChI is InChI=1S/C39H25N5/c1-3-11-26(12-4-1)33-19-21-40-38(43-33)35-24-30(37-31-17-9-7-15-28(31)23-29-16-8-10-18-32(29)37)25-36(42-35)39-41-22-20-34(44-39)27-13-5-2-6-14-27/h1-25H. The molecule has 0 bridgehead atoms. The van der Waals surface area contributed by atoms with Gasteiger partial charge in [-0.05, 0) is 63.0 Å². The van der Waals surface area contributed by atoms with Gasteiger partial charge in [0, 0.05) is 23.5 Å². The van der Waals surface area contributed by atoms with Gasteiger partial charge in [-0.15, -0.1) is 0 Å². The van der Waals surface area contributed by atoms with Gasteiger partial charge in [-0.2, -0.15) is 0 Å². The number of rotatable bonds is 5. The molecule has 8 aromatic rings. The first-order valence-corrected chi connectivity index (χ1v) is 14.5. The average molecular weight is 564 g/mol. The third-order valence-corrected chi connectivity index (χ3v) is 7.79. The predicted octanol–water partition coefficient (Wildman–Crippen LogP) is 9.30. The molecule has 0 aliphatic rings.